The van der Waals surface area contributed by atoms with Crippen LogP contribution < -0.4 is 4.74 Å². The smallest absolute Gasteiger partial charge is 0.131 e. The van der Waals surface area contributed by atoms with Gasteiger partial charge in [0.25, 0.3) is 0 Å². The Balaban J connectivity index is 1.94. The molecule has 0 aliphatic carbocycles. The first kappa shape index (κ1) is 19.7. The lowest BCUT2D eigenvalue weighted by molar-refractivity contribution is -0.117. The molecule has 2 nitrogen and oxygen atoms in total. The summed E-state index contributed by atoms with van der Waals surface area (Å²) in [5.41, 5.74) is 3.04. The summed E-state index contributed by atoms with van der Waals surface area (Å²) in [7, 11) is 0. The van der Waals surface area contributed by atoms with Crippen LogP contribution in [0.25, 0.3) is 0 Å². The van der Waals surface area contributed by atoms with Gasteiger partial charge in [-0.1, -0.05) is 30.9 Å². The third-order valence-corrected chi connectivity index (χ3v) is 3.86. The van der Waals surface area contributed by atoms with E-state index >= 15 is 0 Å². The zero-order valence-corrected chi connectivity index (χ0v) is 15.6. The van der Waals surface area contributed by atoms with E-state index in [2.05, 4.69) is 30.9 Å². The van der Waals surface area contributed by atoms with Crippen molar-refractivity contribution in [1.82, 2.24) is 0 Å². The van der Waals surface area contributed by atoms with Crippen molar-refractivity contribution in [3.8, 4) is 17.6 Å². The minimum absolute atomic E-state index is 0.0579. The van der Waals surface area contributed by atoms with E-state index in [1.54, 1.807) is 19.1 Å². The van der Waals surface area contributed by atoms with Crippen LogP contribution in [0.2, 0.25) is 0 Å². The molecule has 2 unspecified atom stereocenters. The monoisotopic (exact) mass is 352 g/mol. The van der Waals surface area contributed by atoms with E-state index in [1.165, 1.54) is 12.5 Å². The van der Waals surface area contributed by atoms with Crippen LogP contribution in [-0.2, 0) is 11.2 Å². The number of hydrogen-bond acceptors (Lipinski definition) is 2. The van der Waals surface area contributed by atoms with E-state index in [4.69, 9.17) is 4.74 Å². The maximum Gasteiger partial charge on any atom is 0.131 e. The molecule has 0 aliphatic heterocycles. The SMILES string of the molecule is CC(=O)CC(C)Cc1ccc(C#Cc2ccc(OCC(C)F)cc2)cc1. The Morgan fingerprint density at radius 2 is 1.54 bits per heavy atom. The van der Waals surface area contributed by atoms with Gasteiger partial charge in [-0.15, -0.1) is 0 Å². The number of halogens is 1. The van der Waals surface area contributed by atoms with Gasteiger partial charge in [0.05, 0.1) is 0 Å². The highest BCUT2D eigenvalue weighted by Gasteiger charge is 2.06. The van der Waals surface area contributed by atoms with Crippen molar-refractivity contribution in [1.29, 1.82) is 0 Å². The fourth-order valence-electron chi connectivity index (χ4n) is 2.68. The van der Waals surface area contributed by atoms with E-state index in [9.17, 15) is 9.18 Å². The number of benzene rings is 2. The van der Waals surface area contributed by atoms with Crippen molar-refractivity contribution >= 4 is 5.78 Å². The molecular weight excluding hydrogens is 327 g/mol. The Hall–Kier alpha value is -2.60. The lowest BCUT2D eigenvalue weighted by Crippen LogP contribution is -2.08. The number of Topliss-reactive ketones (excluding diaryl/α,β-unsaturated/α-hetero) is 1. The Morgan fingerprint density at radius 3 is 2.04 bits per heavy atom. The summed E-state index contributed by atoms with van der Waals surface area (Å²) < 4.78 is 18.1. The second-order valence-electron chi connectivity index (χ2n) is 6.78. The highest BCUT2D eigenvalue weighted by molar-refractivity contribution is 5.75. The van der Waals surface area contributed by atoms with E-state index in [0.29, 0.717) is 18.1 Å². The molecule has 2 atom stereocenters. The molecule has 136 valence electrons. The fraction of sp³-hybridized carbons (Fsp3) is 0.348. The van der Waals surface area contributed by atoms with Gasteiger partial charge in [0, 0.05) is 17.5 Å². The molecule has 26 heavy (non-hydrogen) atoms. The molecular formula is C23H25FO2. The number of carbonyl (C=O) groups excluding carboxylic acids is 1. The Morgan fingerprint density at radius 1 is 1.00 bits per heavy atom. The molecule has 0 saturated carbocycles. The van der Waals surface area contributed by atoms with Crippen LogP contribution >= 0.6 is 0 Å². The van der Waals surface area contributed by atoms with Gasteiger partial charge in [0.1, 0.15) is 24.3 Å². The van der Waals surface area contributed by atoms with Gasteiger partial charge in [-0.25, -0.2) is 4.39 Å². The first-order chi connectivity index (χ1) is 12.4. The molecule has 0 N–H and O–H groups in total. The molecule has 0 amide bonds. The molecule has 3 heteroatoms. The van der Waals surface area contributed by atoms with Crippen LogP contribution in [0, 0.1) is 17.8 Å². The summed E-state index contributed by atoms with van der Waals surface area (Å²) in [6.07, 6.45) is 0.528. The molecule has 0 bridgehead atoms. The van der Waals surface area contributed by atoms with Gasteiger partial charge in [-0.05, 0) is 68.1 Å². The van der Waals surface area contributed by atoms with Gasteiger partial charge in [0.15, 0.2) is 0 Å². The van der Waals surface area contributed by atoms with Crippen LogP contribution in [0.3, 0.4) is 0 Å². The van der Waals surface area contributed by atoms with E-state index < -0.39 is 6.17 Å². The van der Waals surface area contributed by atoms with Gasteiger partial charge >= 0.3 is 0 Å². The van der Waals surface area contributed by atoms with Gasteiger partial charge < -0.3 is 9.53 Å². The van der Waals surface area contributed by atoms with Crippen molar-refractivity contribution < 1.29 is 13.9 Å². The average molecular weight is 352 g/mol. The Labute approximate surface area is 155 Å². The topological polar surface area (TPSA) is 26.3 Å². The van der Waals surface area contributed by atoms with Crippen molar-refractivity contribution in [2.75, 3.05) is 6.61 Å². The van der Waals surface area contributed by atoms with Crippen LogP contribution in [0.4, 0.5) is 4.39 Å². The normalized spacial score (nSPS) is 12.6. The first-order valence-corrected chi connectivity index (χ1v) is 8.89. The van der Waals surface area contributed by atoms with Crippen molar-refractivity contribution in [3.05, 3.63) is 65.2 Å². The van der Waals surface area contributed by atoms with E-state index in [0.717, 1.165) is 17.5 Å². The van der Waals surface area contributed by atoms with E-state index in [1.807, 2.05) is 24.3 Å². The van der Waals surface area contributed by atoms with Crippen molar-refractivity contribution in [3.63, 3.8) is 0 Å². The predicted molar refractivity (Wildman–Crippen MR) is 103 cm³/mol. The van der Waals surface area contributed by atoms with Gasteiger partial charge in [-0.2, -0.15) is 0 Å². The molecule has 0 heterocycles. The molecule has 0 saturated heterocycles. The number of rotatable bonds is 7. The maximum absolute atomic E-state index is 12.8. The molecule has 0 aromatic heterocycles. The third kappa shape index (κ3) is 7.11. The summed E-state index contributed by atoms with van der Waals surface area (Å²) in [6, 6.07) is 15.5. The maximum atomic E-state index is 12.8. The van der Waals surface area contributed by atoms with Crippen LogP contribution in [0.1, 0.15) is 43.9 Å². The molecule has 2 rings (SSSR count). The van der Waals surface area contributed by atoms with Crippen molar-refractivity contribution in [2.24, 2.45) is 5.92 Å². The molecule has 0 radical (unpaired) electrons. The number of ketones is 1. The molecule has 0 spiro atoms. The van der Waals surface area contributed by atoms with E-state index in [-0.39, 0.29) is 12.4 Å². The summed E-state index contributed by atoms with van der Waals surface area (Å²) in [4.78, 5) is 11.2. The number of carbonyl (C=O) groups is 1. The highest BCUT2D eigenvalue weighted by atomic mass is 19.1. The molecule has 0 aliphatic rings. The lowest BCUT2D eigenvalue weighted by Gasteiger charge is -2.09. The zero-order chi connectivity index (χ0) is 18.9. The summed E-state index contributed by atoms with van der Waals surface area (Å²) in [6.45, 7) is 5.25. The van der Waals surface area contributed by atoms with Crippen LogP contribution in [0.5, 0.6) is 5.75 Å². The van der Waals surface area contributed by atoms with Gasteiger partial charge in [-0.3, -0.25) is 0 Å². The Kier molecular flexibility index (Phi) is 7.41. The second-order valence-corrected chi connectivity index (χ2v) is 6.78. The number of alkyl halides is 1. The number of ether oxygens (including phenoxy) is 1. The molecule has 2 aromatic carbocycles. The largest absolute Gasteiger partial charge is 0.491 e. The van der Waals surface area contributed by atoms with Crippen molar-refractivity contribution in [2.45, 2.75) is 39.8 Å². The summed E-state index contributed by atoms with van der Waals surface area (Å²) in [5, 5.41) is 0. The standard InChI is InChI=1S/C23H25FO2/c1-17(14-19(3)25)15-22-8-6-20(7-9-22)4-5-21-10-12-23(13-11-21)26-16-18(2)24/h6-13,17-18H,14-16H2,1-3H3. The minimum atomic E-state index is -0.983. The highest BCUT2D eigenvalue weighted by Crippen LogP contribution is 2.14. The van der Waals surface area contributed by atoms with Crippen LogP contribution in [0.15, 0.2) is 48.5 Å². The Bertz CT molecular complexity index is 765. The van der Waals surface area contributed by atoms with Gasteiger partial charge in [0.2, 0.25) is 0 Å². The molecule has 2 aromatic rings. The zero-order valence-electron chi connectivity index (χ0n) is 15.6. The minimum Gasteiger partial charge on any atom is -0.491 e. The predicted octanol–water partition coefficient (Wildman–Crippen LogP) is 4.98. The third-order valence-electron chi connectivity index (χ3n) is 3.86. The molecule has 0 fully saturated rings. The fourth-order valence-corrected chi connectivity index (χ4v) is 2.68. The first-order valence-electron chi connectivity index (χ1n) is 8.89. The summed E-state index contributed by atoms with van der Waals surface area (Å²) in [5.74, 6) is 7.48. The number of hydrogen-bond donors (Lipinski definition) is 0. The van der Waals surface area contributed by atoms with Crippen LogP contribution in [-0.4, -0.2) is 18.6 Å². The quantitative estimate of drug-likeness (QED) is 0.657. The average Bonchev–Trinajstić information content (AvgIpc) is 2.59. The second kappa shape index (κ2) is 9.77. The lowest BCUT2D eigenvalue weighted by atomic mass is 9.96. The summed E-state index contributed by atoms with van der Waals surface area (Å²) >= 11 is 0.